The number of carboxylic acid groups (broad SMARTS) is 1. The van der Waals surface area contributed by atoms with Gasteiger partial charge in [0.2, 0.25) is 0 Å². The highest BCUT2D eigenvalue weighted by molar-refractivity contribution is 5.96. The van der Waals surface area contributed by atoms with Crippen molar-refractivity contribution in [2.24, 2.45) is 5.73 Å². The van der Waals surface area contributed by atoms with Crippen molar-refractivity contribution in [2.75, 3.05) is 12.3 Å². The van der Waals surface area contributed by atoms with Crippen LogP contribution in [0.4, 0.5) is 5.69 Å². The van der Waals surface area contributed by atoms with Crippen molar-refractivity contribution in [1.29, 1.82) is 0 Å². The summed E-state index contributed by atoms with van der Waals surface area (Å²) >= 11 is 0. The minimum atomic E-state index is -1.07. The molecule has 0 bridgehead atoms. The molecule has 0 radical (unpaired) electrons. The zero-order chi connectivity index (χ0) is 17.2. The van der Waals surface area contributed by atoms with Gasteiger partial charge >= 0.3 is 5.97 Å². The van der Waals surface area contributed by atoms with Gasteiger partial charge < -0.3 is 21.3 Å². The molecule has 0 amide bonds. The number of allylic oxidation sites excluding steroid dienone is 1. The second-order valence-corrected chi connectivity index (χ2v) is 5.94. The fraction of sp³-hybridized carbons (Fsp3) is 0.529. The Bertz CT molecular complexity index is 642. The number of aromatic nitrogens is 1. The van der Waals surface area contributed by atoms with E-state index >= 15 is 0 Å². The molecule has 0 spiro atoms. The lowest BCUT2D eigenvalue weighted by atomic mass is 9.82. The van der Waals surface area contributed by atoms with Crippen LogP contribution in [-0.2, 0) is 16.8 Å². The van der Waals surface area contributed by atoms with Crippen LogP contribution in [0.3, 0.4) is 0 Å². The number of nitrogens with two attached hydrogens (primary N) is 2. The van der Waals surface area contributed by atoms with Crippen LogP contribution >= 0.6 is 0 Å². The van der Waals surface area contributed by atoms with Crippen molar-refractivity contribution in [2.45, 2.75) is 51.7 Å². The third-order valence-corrected chi connectivity index (χ3v) is 4.43. The maximum absolute atomic E-state index is 11.5. The topological polar surface area (TPSA) is 111 Å². The normalized spacial score (nSPS) is 21.0. The summed E-state index contributed by atoms with van der Waals surface area (Å²) in [5, 5.41) is 9.45. The third kappa shape index (κ3) is 3.09. The van der Waals surface area contributed by atoms with Gasteiger partial charge in [-0.25, -0.2) is 4.79 Å². The molecule has 1 aromatic rings. The minimum Gasteiger partial charge on any atom is -0.478 e. The summed E-state index contributed by atoms with van der Waals surface area (Å²) in [4.78, 5) is 16.0. The van der Waals surface area contributed by atoms with Gasteiger partial charge in [-0.1, -0.05) is 26.0 Å². The molecule has 0 aliphatic heterocycles. The fourth-order valence-corrected chi connectivity index (χ4v) is 3.01. The SMILES string of the molecule is CCC(N)COC1(CC)C=CCc2nc(C)c(C(=O)O)c(N)c21. The van der Waals surface area contributed by atoms with Crippen molar-refractivity contribution < 1.29 is 14.6 Å². The van der Waals surface area contributed by atoms with Crippen LogP contribution in [0.5, 0.6) is 0 Å². The molecule has 2 rings (SSSR count). The Kier molecular flexibility index (Phi) is 5.06. The van der Waals surface area contributed by atoms with Gasteiger partial charge in [-0.15, -0.1) is 0 Å². The van der Waals surface area contributed by atoms with E-state index in [0.717, 1.165) is 12.1 Å². The predicted octanol–water partition coefficient (Wildman–Crippen LogP) is 2.14. The van der Waals surface area contributed by atoms with E-state index in [1.807, 2.05) is 26.0 Å². The number of fused-ring (bicyclic) bond motifs is 1. The highest BCUT2D eigenvalue weighted by Crippen LogP contribution is 2.41. The molecule has 2 unspecified atom stereocenters. The first-order chi connectivity index (χ1) is 10.9. The lowest BCUT2D eigenvalue weighted by Crippen LogP contribution is -2.37. The van der Waals surface area contributed by atoms with Gasteiger partial charge in [0.15, 0.2) is 0 Å². The van der Waals surface area contributed by atoms with Gasteiger partial charge in [0.05, 0.1) is 23.7 Å². The lowest BCUT2D eigenvalue weighted by molar-refractivity contribution is -0.0240. The van der Waals surface area contributed by atoms with Gasteiger partial charge in [-0.05, 0) is 19.8 Å². The van der Waals surface area contributed by atoms with Crippen LogP contribution in [0.2, 0.25) is 0 Å². The number of nitrogens with zero attached hydrogens (tertiary/aromatic N) is 1. The van der Waals surface area contributed by atoms with Gasteiger partial charge in [0, 0.05) is 18.0 Å². The summed E-state index contributed by atoms with van der Waals surface area (Å²) in [6.45, 7) is 6.03. The number of ether oxygens (including phenoxy) is 1. The molecule has 0 saturated carbocycles. The summed E-state index contributed by atoms with van der Waals surface area (Å²) < 4.78 is 6.13. The summed E-state index contributed by atoms with van der Waals surface area (Å²) in [6.07, 6.45) is 6.00. The van der Waals surface area contributed by atoms with E-state index in [0.29, 0.717) is 30.7 Å². The first kappa shape index (κ1) is 17.4. The second-order valence-electron chi connectivity index (χ2n) is 5.94. The average molecular weight is 319 g/mol. The average Bonchev–Trinajstić information content (AvgIpc) is 2.51. The maximum Gasteiger partial charge on any atom is 0.339 e. The fourth-order valence-electron chi connectivity index (χ4n) is 3.01. The Morgan fingerprint density at radius 2 is 2.22 bits per heavy atom. The third-order valence-electron chi connectivity index (χ3n) is 4.43. The standard InChI is InChI=1S/C17H25N3O3/c1-4-11(18)9-23-17(5-2)8-6-7-12-14(17)15(19)13(16(21)22)10(3)20-12/h6,8,11H,4-5,7,9,18H2,1-3H3,(H2,19,20)(H,21,22). The highest BCUT2D eigenvalue weighted by Gasteiger charge is 2.38. The van der Waals surface area contributed by atoms with Gasteiger partial charge in [0.25, 0.3) is 0 Å². The monoisotopic (exact) mass is 319 g/mol. The van der Waals surface area contributed by atoms with E-state index < -0.39 is 11.6 Å². The molecule has 1 aliphatic rings. The number of carbonyl (C=O) groups is 1. The molecular formula is C17H25N3O3. The molecule has 5 N–H and O–H groups in total. The van der Waals surface area contributed by atoms with E-state index in [1.165, 1.54) is 0 Å². The van der Waals surface area contributed by atoms with E-state index in [2.05, 4.69) is 4.98 Å². The molecule has 2 atom stereocenters. The molecule has 6 heteroatoms. The summed E-state index contributed by atoms with van der Waals surface area (Å²) in [6, 6.07) is -0.0734. The van der Waals surface area contributed by atoms with Crippen molar-refractivity contribution in [3.63, 3.8) is 0 Å². The number of anilines is 1. The predicted molar refractivity (Wildman–Crippen MR) is 89.4 cm³/mol. The van der Waals surface area contributed by atoms with Gasteiger partial charge in [-0.3, -0.25) is 4.98 Å². The Hall–Kier alpha value is -1.92. The Labute approximate surface area is 136 Å². The molecule has 126 valence electrons. The van der Waals surface area contributed by atoms with Crippen LogP contribution in [-0.4, -0.2) is 28.7 Å². The second kappa shape index (κ2) is 6.68. The molecule has 0 saturated heterocycles. The Balaban J connectivity index is 2.57. The summed E-state index contributed by atoms with van der Waals surface area (Å²) in [5.74, 6) is -1.07. The smallest absolute Gasteiger partial charge is 0.339 e. The first-order valence-electron chi connectivity index (χ1n) is 7.96. The number of aromatic carboxylic acids is 1. The van der Waals surface area contributed by atoms with Gasteiger partial charge in [-0.2, -0.15) is 0 Å². The van der Waals surface area contributed by atoms with E-state index in [4.69, 9.17) is 16.2 Å². The zero-order valence-corrected chi connectivity index (χ0v) is 13.9. The molecule has 0 fully saturated rings. The number of hydrogen-bond donors (Lipinski definition) is 3. The molecule has 1 heterocycles. The van der Waals surface area contributed by atoms with Crippen molar-refractivity contribution in [3.8, 4) is 0 Å². The molecular weight excluding hydrogens is 294 g/mol. The van der Waals surface area contributed by atoms with Crippen molar-refractivity contribution in [3.05, 3.63) is 34.7 Å². The van der Waals surface area contributed by atoms with Crippen LogP contribution in [0, 0.1) is 6.92 Å². The molecule has 0 aromatic carbocycles. The molecule has 6 nitrogen and oxygen atoms in total. The van der Waals surface area contributed by atoms with Crippen LogP contribution < -0.4 is 11.5 Å². The number of hydrogen-bond acceptors (Lipinski definition) is 5. The van der Waals surface area contributed by atoms with E-state index in [1.54, 1.807) is 6.92 Å². The summed E-state index contributed by atoms with van der Waals surface area (Å²) in [5.41, 5.74) is 13.6. The van der Waals surface area contributed by atoms with Crippen molar-refractivity contribution >= 4 is 11.7 Å². The first-order valence-corrected chi connectivity index (χ1v) is 7.96. The Morgan fingerprint density at radius 1 is 1.52 bits per heavy atom. The Morgan fingerprint density at radius 3 is 2.78 bits per heavy atom. The van der Waals surface area contributed by atoms with Crippen molar-refractivity contribution in [1.82, 2.24) is 4.98 Å². The summed E-state index contributed by atoms with van der Waals surface area (Å²) in [7, 11) is 0. The number of rotatable bonds is 6. The van der Waals surface area contributed by atoms with Crippen LogP contribution in [0.15, 0.2) is 12.2 Å². The molecule has 1 aromatic heterocycles. The van der Waals surface area contributed by atoms with Crippen LogP contribution in [0.25, 0.3) is 0 Å². The van der Waals surface area contributed by atoms with Gasteiger partial charge in [0.1, 0.15) is 11.2 Å². The number of aryl methyl sites for hydroxylation is 1. The zero-order valence-electron chi connectivity index (χ0n) is 13.9. The highest BCUT2D eigenvalue weighted by atomic mass is 16.5. The number of pyridine rings is 1. The van der Waals surface area contributed by atoms with E-state index in [-0.39, 0.29) is 17.3 Å². The maximum atomic E-state index is 11.5. The largest absolute Gasteiger partial charge is 0.478 e. The van der Waals surface area contributed by atoms with Crippen LogP contribution in [0.1, 0.15) is 54.0 Å². The van der Waals surface area contributed by atoms with E-state index in [9.17, 15) is 9.90 Å². The number of nitrogen functional groups attached to an aromatic ring is 1. The lowest BCUT2D eigenvalue weighted by Gasteiger charge is -2.36. The molecule has 1 aliphatic carbocycles. The number of carboxylic acids is 1. The molecule has 23 heavy (non-hydrogen) atoms. The minimum absolute atomic E-state index is 0.0558. The quantitative estimate of drug-likeness (QED) is 0.693.